The molecule has 1 saturated carbocycles. The van der Waals surface area contributed by atoms with E-state index >= 15 is 0 Å². The van der Waals surface area contributed by atoms with Gasteiger partial charge in [-0.05, 0) is 49.3 Å². The van der Waals surface area contributed by atoms with Crippen LogP contribution in [0, 0.1) is 5.41 Å². The van der Waals surface area contributed by atoms with Crippen LogP contribution in [0.25, 0.3) is 0 Å². The third-order valence-corrected chi connectivity index (χ3v) is 3.40. The lowest BCUT2D eigenvalue weighted by Crippen LogP contribution is -2.10. The molecule has 94 valence electrons. The van der Waals surface area contributed by atoms with Crippen LogP contribution in [-0.2, 0) is 6.42 Å². The smallest absolute Gasteiger partial charge is 0.161 e. The van der Waals surface area contributed by atoms with Crippen molar-refractivity contribution in [3.05, 3.63) is 23.8 Å². The van der Waals surface area contributed by atoms with Crippen molar-refractivity contribution in [2.75, 3.05) is 20.3 Å². The molecule has 1 aromatic carbocycles. The van der Waals surface area contributed by atoms with Crippen molar-refractivity contribution < 1.29 is 14.6 Å². The van der Waals surface area contributed by atoms with Gasteiger partial charge in [0, 0.05) is 6.61 Å². The first-order valence-corrected chi connectivity index (χ1v) is 6.13. The maximum Gasteiger partial charge on any atom is 0.161 e. The van der Waals surface area contributed by atoms with Crippen molar-refractivity contribution in [3.63, 3.8) is 0 Å². The second kappa shape index (κ2) is 4.96. The molecule has 0 bridgehead atoms. The topological polar surface area (TPSA) is 38.7 Å². The van der Waals surface area contributed by atoms with E-state index in [2.05, 4.69) is 6.07 Å². The molecular formula is C14H20O3. The van der Waals surface area contributed by atoms with E-state index < -0.39 is 0 Å². The Morgan fingerprint density at radius 1 is 1.29 bits per heavy atom. The van der Waals surface area contributed by atoms with Crippen LogP contribution in [0.5, 0.6) is 11.5 Å². The molecule has 0 spiro atoms. The van der Waals surface area contributed by atoms with Crippen molar-refractivity contribution in [3.8, 4) is 11.5 Å². The Morgan fingerprint density at radius 2 is 2.06 bits per heavy atom. The maximum absolute atomic E-state index is 9.34. The largest absolute Gasteiger partial charge is 0.493 e. The molecular weight excluding hydrogens is 216 g/mol. The van der Waals surface area contributed by atoms with Gasteiger partial charge in [-0.2, -0.15) is 0 Å². The number of rotatable bonds is 6. The average Bonchev–Trinajstić information content (AvgIpc) is 3.10. The molecule has 0 heterocycles. The van der Waals surface area contributed by atoms with Gasteiger partial charge in [0.2, 0.25) is 0 Å². The summed E-state index contributed by atoms with van der Waals surface area (Å²) in [6.07, 6.45) is 3.17. The van der Waals surface area contributed by atoms with Crippen LogP contribution in [-0.4, -0.2) is 25.4 Å². The predicted molar refractivity (Wildman–Crippen MR) is 66.6 cm³/mol. The Kier molecular flexibility index (Phi) is 3.57. The van der Waals surface area contributed by atoms with Crippen molar-refractivity contribution in [1.29, 1.82) is 0 Å². The van der Waals surface area contributed by atoms with Gasteiger partial charge in [0.05, 0.1) is 13.7 Å². The highest BCUT2D eigenvalue weighted by Crippen LogP contribution is 2.48. The lowest BCUT2D eigenvalue weighted by atomic mass is 9.97. The van der Waals surface area contributed by atoms with Crippen LogP contribution >= 0.6 is 0 Å². The highest BCUT2D eigenvalue weighted by Gasteiger charge is 2.41. The summed E-state index contributed by atoms with van der Waals surface area (Å²) >= 11 is 0. The minimum Gasteiger partial charge on any atom is -0.493 e. The standard InChI is InChI=1S/C14H20O3/c1-3-17-13-8-11(4-5-12(13)16-2)9-14(10-15)6-7-14/h4-5,8,15H,3,6-7,9-10H2,1-2H3. The molecule has 0 aliphatic heterocycles. The molecule has 3 heteroatoms. The van der Waals surface area contributed by atoms with Crippen LogP contribution in [0.2, 0.25) is 0 Å². The first-order chi connectivity index (χ1) is 8.23. The molecule has 0 unspecified atom stereocenters. The average molecular weight is 236 g/mol. The van der Waals surface area contributed by atoms with Gasteiger partial charge in [-0.15, -0.1) is 0 Å². The van der Waals surface area contributed by atoms with Crippen LogP contribution < -0.4 is 9.47 Å². The normalized spacial score (nSPS) is 16.6. The first kappa shape index (κ1) is 12.2. The van der Waals surface area contributed by atoms with E-state index in [1.54, 1.807) is 7.11 Å². The van der Waals surface area contributed by atoms with Gasteiger partial charge in [-0.1, -0.05) is 6.07 Å². The number of benzene rings is 1. The van der Waals surface area contributed by atoms with Crippen molar-refractivity contribution in [2.24, 2.45) is 5.41 Å². The fraction of sp³-hybridized carbons (Fsp3) is 0.571. The van der Waals surface area contributed by atoms with Crippen molar-refractivity contribution in [1.82, 2.24) is 0 Å². The number of hydrogen-bond acceptors (Lipinski definition) is 3. The summed E-state index contributed by atoms with van der Waals surface area (Å²) in [5.74, 6) is 1.56. The summed E-state index contributed by atoms with van der Waals surface area (Å²) in [7, 11) is 1.65. The summed E-state index contributed by atoms with van der Waals surface area (Å²) in [4.78, 5) is 0. The molecule has 1 fully saturated rings. The lowest BCUT2D eigenvalue weighted by molar-refractivity contribution is 0.211. The van der Waals surface area contributed by atoms with Gasteiger partial charge in [-0.3, -0.25) is 0 Å². The monoisotopic (exact) mass is 236 g/mol. The van der Waals surface area contributed by atoms with Crippen LogP contribution in [0.3, 0.4) is 0 Å². The van der Waals surface area contributed by atoms with Gasteiger partial charge >= 0.3 is 0 Å². The summed E-state index contributed by atoms with van der Waals surface area (Å²) in [5.41, 5.74) is 1.35. The van der Waals surface area contributed by atoms with Crippen molar-refractivity contribution >= 4 is 0 Å². The number of aliphatic hydroxyl groups is 1. The first-order valence-electron chi connectivity index (χ1n) is 6.13. The fourth-order valence-electron chi connectivity index (χ4n) is 2.10. The molecule has 2 rings (SSSR count). The van der Waals surface area contributed by atoms with Gasteiger partial charge in [0.25, 0.3) is 0 Å². The maximum atomic E-state index is 9.34. The number of methoxy groups -OCH3 is 1. The van der Waals surface area contributed by atoms with Crippen LogP contribution in [0.15, 0.2) is 18.2 Å². The van der Waals surface area contributed by atoms with E-state index in [1.807, 2.05) is 19.1 Å². The molecule has 1 aliphatic rings. The molecule has 1 aromatic rings. The van der Waals surface area contributed by atoms with Gasteiger partial charge in [0.15, 0.2) is 11.5 Å². The molecule has 0 aromatic heterocycles. The summed E-state index contributed by atoms with van der Waals surface area (Å²) in [5, 5.41) is 9.34. The van der Waals surface area contributed by atoms with Gasteiger partial charge < -0.3 is 14.6 Å². The molecule has 0 radical (unpaired) electrons. The molecule has 1 N–H and O–H groups in total. The minimum absolute atomic E-state index is 0.137. The molecule has 3 nitrogen and oxygen atoms in total. The van der Waals surface area contributed by atoms with Crippen LogP contribution in [0.4, 0.5) is 0 Å². The zero-order valence-corrected chi connectivity index (χ0v) is 10.5. The number of aliphatic hydroxyl groups excluding tert-OH is 1. The third-order valence-electron chi connectivity index (χ3n) is 3.40. The summed E-state index contributed by atoms with van der Waals surface area (Å²) < 4.78 is 10.8. The highest BCUT2D eigenvalue weighted by molar-refractivity contribution is 5.43. The van der Waals surface area contributed by atoms with E-state index in [1.165, 1.54) is 5.56 Å². The molecule has 0 amide bonds. The molecule has 0 atom stereocenters. The lowest BCUT2D eigenvalue weighted by Gasteiger charge is -2.14. The Morgan fingerprint density at radius 3 is 2.59 bits per heavy atom. The zero-order valence-electron chi connectivity index (χ0n) is 10.5. The minimum atomic E-state index is 0.137. The second-order valence-electron chi connectivity index (χ2n) is 4.75. The SMILES string of the molecule is CCOc1cc(CC2(CO)CC2)ccc1OC. The molecule has 0 saturated heterocycles. The van der Waals surface area contributed by atoms with E-state index in [0.717, 1.165) is 30.8 Å². The molecule has 17 heavy (non-hydrogen) atoms. The molecule has 1 aliphatic carbocycles. The van der Waals surface area contributed by atoms with E-state index in [4.69, 9.17) is 9.47 Å². The Bertz CT molecular complexity index is 383. The quantitative estimate of drug-likeness (QED) is 0.824. The number of hydrogen-bond donors (Lipinski definition) is 1. The van der Waals surface area contributed by atoms with E-state index in [-0.39, 0.29) is 12.0 Å². The number of ether oxygens (including phenoxy) is 2. The van der Waals surface area contributed by atoms with Gasteiger partial charge in [-0.25, -0.2) is 0 Å². The fourth-order valence-corrected chi connectivity index (χ4v) is 2.10. The Labute approximate surface area is 102 Å². The highest BCUT2D eigenvalue weighted by atomic mass is 16.5. The Balaban J connectivity index is 2.15. The van der Waals surface area contributed by atoms with Gasteiger partial charge in [0.1, 0.15) is 0 Å². The van der Waals surface area contributed by atoms with Crippen LogP contribution in [0.1, 0.15) is 25.3 Å². The third kappa shape index (κ3) is 2.72. The van der Waals surface area contributed by atoms with E-state index in [9.17, 15) is 5.11 Å². The Hall–Kier alpha value is -1.22. The van der Waals surface area contributed by atoms with Crippen molar-refractivity contribution in [2.45, 2.75) is 26.2 Å². The summed E-state index contributed by atoms with van der Waals surface area (Å²) in [6, 6.07) is 6.02. The zero-order chi connectivity index (χ0) is 12.3. The summed E-state index contributed by atoms with van der Waals surface area (Å²) in [6.45, 7) is 2.87. The van der Waals surface area contributed by atoms with E-state index in [0.29, 0.717) is 6.61 Å². The predicted octanol–water partition coefficient (Wildman–Crippen LogP) is 2.41. The second-order valence-corrected chi connectivity index (χ2v) is 4.75.